The number of esters is 1. The Balaban J connectivity index is 2.43. The van der Waals surface area contributed by atoms with Gasteiger partial charge in [-0.2, -0.15) is 4.31 Å². The van der Waals surface area contributed by atoms with Gasteiger partial charge in [-0.15, -0.1) is 17.4 Å². The number of hydrogen-bond acceptors (Lipinski definition) is 5. The van der Waals surface area contributed by atoms with Gasteiger partial charge in [0.1, 0.15) is 6.61 Å². The van der Waals surface area contributed by atoms with Crippen LogP contribution in [0.1, 0.15) is 18.5 Å². The topological polar surface area (TPSA) is 70.0 Å². The van der Waals surface area contributed by atoms with E-state index in [2.05, 4.69) is 22.5 Å². The van der Waals surface area contributed by atoms with Gasteiger partial charge in [0.05, 0.1) is 10.9 Å². The van der Waals surface area contributed by atoms with Crippen molar-refractivity contribution in [2.24, 2.45) is 0 Å². The summed E-state index contributed by atoms with van der Waals surface area (Å²) < 4.78 is 28.3. The third kappa shape index (κ3) is 2.77. The molecular weight excluding hydrogens is 346 g/mol. The average molecular weight is 362 g/mol. The predicted molar refractivity (Wildman–Crippen MR) is 81.5 cm³/mol. The molecule has 1 aromatic carbocycles. The fourth-order valence-electron chi connectivity index (χ4n) is 2.22. The van der Waals surface area contributed by atoms with E-state index in [1.807, 2.05) is 6.07 Å². The standard InChI is InChI=1S/C13H16BrNO4S/c1-3-6-15-12(8-19-9(2)16)11-7-10(14)4-5-13(11)20(15,17)18/h3-5,7,12,17-18H,1,6,8H2,2H3. The molecule has 1 aliphatic heterocycles. The monoisotopic (exact) mass is 361 g/mol. The Morgan fingerprint density at radius 3 is 2.90 bits per heavy atom. The molecule has 0 saturated heterocycles. The van der Waals surface area contributed by atoms with Gasteiger partial charge in [-0.1, -0.05) is 22.0 Å². The molecule has 1 atom stereocenters. The summed E-state index contributed by atoms with van der Waals surface area (Å²) in [5.74, 6) is -0.400. The lowest BCUT2D eigenvalue weighted by Gasteiger charge is -2.39. The predicted octanol–water partition coefficient (Wildman–Crippen LogP) is 3.58. The van der Waals surface area contributed by atoms with E-state index in [1.165, 1.54) is 11.2 Å². The molecule has 1 aromatic rings. The SMILES string of the molecule is C=CCN1C(COC(C)=O)c2cc(Br)ccc2S1(O)O. The first kappa shape index (κ1) is 15.5. The van der Waals surface area contributed by atoms with Crippen LogP contribution >= 0.6 is 26.7 Å². The number of halogens is 1. The summed E-state index contributed by atoms with van der Waals surface area (Å²) in [6.45, 7) is 5.32. The van der Waals surface area contributed by atoms with E-state index in [9.17, 15) is 13.9 Å². The first-order valence-corrected chi connectivity index (χ1v) is 8.26. The van der Waals surface area contributed by atoms with Crippen molar-refractivity contribution in [3.8, 4) is 0 Å². The number of nitrogens with zero attached hydrogens (tertiary/aromatic N) is 1. The van der Waals surface area contributed by atoms with Crippen LogP contribution in [0.2, 0.25) is 0 Å². The van der Waals surface area contributed by atoms with Gasteiger partial charge in [-0.3, -0.25) is 13.9 Å². The normalized spacial score (nSPS) is 22.1. The molecule has 110 valence electrons. The highest BCUT2D eigenvalue weighted by Gasteiger charge is 2.42. The summed E-state index contributed by atoms with van der Waals surface area (Å²) in [5.41, 5.74) is 0.752. The van der Waals surface area contributed by atoms with E-state index in [0.717, 1.165) is 10.0 Å². The van der Waals surface area contributed by atoms with Gasteiger partial charge in [0.2, 0.25) is 0 Å². The summed E-state index contributed by atoms with van der Waals surface area (Å²) >= 11 is 3.37. The molecule has 0 bridgehead atoms. The van der Waals surface area contributed by atoms with Crippen LogP contribution in [0.3, 0.4) is 0 Å². The lowest BCUT2D eigenvalue weighted by Crippen LogP contribution is -2.29. The maximum absolute atomic E-state index is 11.0. The molecule has 0 amide bonds. The molecule has 5 nitrogen and oxygen atoms in total. The first-order valence-electron chi connectivity index (χ1n) is 5.96. The maximum Gasteiger partial charge on any atom is 0.302 e. The zero-order valence-corrected chi connectivity index (χ0v) is 13.4. The van der Waals surface area contributed by atoms with Crippen molar-refractivity contribution in [1.29, 1.82) is 0 Å². The summed E-state index contributed by atoms with van der Waals surface area (Å²) in [7, 11) is -3.07. The minimum atomic E-state index is -3.07. The molecule has 2 rings (SSSR count). The number of benzene rings is 1. The fraction of sp³-hybridized carbons (Fsp3) is 0.308. The van der Waals surface area contributed by atoms with Crippen LogP contribution in [-0.2, 0) is 9.53 Å². The number of ether oxygens (including phenoxy) is 1. The summed E-state index contributed by atoms with van der Waals surface area (Å²) in [6, 6.07) is 4.86. The Bertz CT molecular complexity index is 549. The molecule has 20 heavy (non-hydrogen) atoms. The molecule has 0 radical (unpaired) electrons. The van der Waals surface area contributed by atoms with E-state index in [0.29, 0.717) is 11.4 Å². The first-order chi connectivity index (χ1) is 9.37. The molecule has 0 aliphatic carbocycles. The van der Waals surface area contributed by atoms with Crippen LogP contribution < -0.4 is 0 Å². The van der Waals surface area contributed by atoms with Gasteiger partial charge in [0.25, 0.3) is 0 Å². The summed E-state index contributed by atoms with van der Waals surface area (Å²) in [6.07, 6.45) is 1.59. The number of hydrogen-bond donors (Lipinski definition) is 2. The number of rotatable bonds is 4. The zero-order valence-electron chi connectivity index (χ0n) is 11.0. The Kier molecular flexibility index (Phi) is 4.55. The van der Waals surface area contributed by atoms with Crippen molar-refractivity contribution in [2.45, 2.75) is 17.9 Å². The van der Waals surface area contributed by atoms with Gasteiger partial charge < -0.3 is 4.74 Å². The molecule has 0 saturated carbocycles. The minimum Gasteiger partial charge on any atom is -0.464 e. The molecule has 0 aromatic heterocycles. The van der Waals surface area contributed by atoms with E-state index in [1.54, 1.807) is 18.2 Å². The second kappa shape index (κ2) is 5.87. The van der Waals surface area contributed by atoms with Crippen molar-refractivity contribution >= 4 is 32.7 Å². The molecule has 0 spiro atoms. The smallest absolute Gasteiger partial charge is 0.302 e. The third-order valence-electron chi connectivity index (χ3n) is 3.05. The van der Waals surface area contributed by atoms with Crippen LogP contribution in [0.15, 0.2) is 40.2 Å². The molecule has 0 fully saturated rings. The van der Waals surface area contributed by atoms with E-state index < -0.39 is 22.8 Å². The zero-order chi connectivity index (χ0) is 14.9. The Labute approximate surface area is 127 Å². The van der Waals surface area contributed by atoms with Crippen molar-refractivity contribution in [3.63, 3.8) is 0 Å². The number of carbonyl (C=O) groups is 1. The molecule has 7 heteroatoms. The van der Waals surface area contributed by atoms with Gasteiger partial charge in [-0.05, 0) is 18.2 Å². The van der Waals surface area contributed by atoms with Gasteiger partial charge in [0.15, 0.2) is 0 Å². The summed E-state index contributed by atoms with van der Waals surface area (Å²) in [4.78, 5) is 11.5. The highest BCUT2D eigenvalue weighted by molar-refractivity contribution is 9.10. The highest BCUT2D eigenvalue weighted by atomic mass is 79.9. The second-order valence-corrected chi connectivity index (χ2v) is 7.27. The quantitative estimate of drug-likeness (QED) is 0.633. The van der Waals surface area contributed by atoms with Crippen LogP contribution in [0.5, 0.6) is 0 Å². The van der Waals surface area contributed by atoms with Crippen LogP contribution in [0.25, 0.3) is 0 Å². The number of fused-ring (bicyclic) bond motifs is 1. The summed E-state index contributed by atoms with van der Waals surface area (Å²) in [5, 5.41) is 0. The average Bonchev–Trinajstić information content (AvgIpc) is 2.56. The number of carbonyl (C=O) groups excluding carboxylic acids is 1. The molecule has 1 aliphatic rings. The van der Waals surface area contributed by atoms with Crippen molar-refractivity contribution in [2.75, 3.05) is 13.2 Å². The van der Waals surface area contributed by atoms with Crippen LogP contribution in [0.4, 0.5) is 0 Å². The second-order valence-electron chi connectivity index (χ2n) is 4.41. The van der Waals surface area contributed by atoms with Crippen molar-refractivity contribution < 1.29 is 18.6 Å². The van der Waals surface area contributed by atoms with Gasteiger partial charge in [-0.25, -0.2) is 0 Å². The van der Waals surface area contributed by atoms with Crippen LogP contribution in [0, 0.1) is 0 Å². The Morgan fingerprint density at radius 2 is 2.30 bits per heavy atom. The Hall–Kier alpha value is -0.860. The minimum absolute atomic E-state index is 0.0719. The highest BCUT2D eigenvalue weighted by Crippen LogP contribution is 2.63. The molecule has 2 N–H and O–H groups in total. The molecule has 1 heterocycles. The third-order valence-corrected chi connectivity index (χ3v) is 5.57. The van der Waals surface area contributed by atoms with Crippen molar-refractivity contribution in [1.82, 2.24) is 4.31 Å². The van der Waals surface area contributed by atoms with Crippen molar-refractivity contribution in [3.05, 3.63) is 40.9 Å². The fourth-order valence-corrected chi connectivity index (χ4v) is 4.45. The van der Waals surface area contributed by atoms with E-state index >= 15 is 0 Å². The lowest BCUT2D eigenvalue weighted by atomic mass is 10.1. The maximum atomic E-state index is 11.0. The van der Waals surface area contributed by atoms with Gasteiger partial charge >= 0.3 is 5.97 Å². The molecular formula is C13H16BrNO4S. The van der Waals surface area contributed by atoms with Gasteiger partial charge in [0, 0.05) is 23.5 Å². The largest absolute Gasteiger partial charge is 0.464 e. The van der Waals surface area contributed by atoms with Crippen LogP contribution in [-0.4, -0.2) is 32.5 Å². The van der Waals surface area contributed by atoms with E-state index in [4.69, 9.17) is 4.74 Å². The molecule has 1 unspecified atom stereocenters. The van der Waals surface area contributed by atoms with E-state index in [-0.39, 0.29) is 6.61 Å². The Morgan fingerprint density at radius 1 is 1.60 bits per heavy atom. The lowest BCUT2D eigenvalue weighted by molar-refractivity contribution is -0.142.